The van der Waals surface area contributed by atoms with Crippen LogP contribution in [0, 0.1) is 11.7 Å². The lowest BCUT2D eigenvalue weighted by Crippen LogP contribution is -2.08. The third-order valence-electron chi connectivity index (χ3n) is 1.72. The lowest BCUT2D eigenvalue weighted by molar-refractivity contribution is 0.399. The third-order valence-corrected chi connectivity index (χ3v) is 1.72. The second-order valence-corrected chi connectivity index (χ2v) is 4.41. The lowest BCUT2D eigenvalue weighted by atomic mass is 10.1. The highest BCUT2D eigenvalue weighted by molar-refractivity contribution is 5.19. The Morgan fingerprint density at radius 3 is 1.94 bits per heavy atom. The smallest absolute Gasteiger partial charge is 0.123 e. The summed E-state index contributed by atoms with van der Waals surface area (Å²) in [5, 5.41) is 7.00. The van der Waals surface area contributed by atoms with Gasteiger partial charge in [-0.2, -0.15) is 0 Å². The van der Waals surface area contributed by atoms with Crippen LogP contribution in [0.1, 0.15) is 38.8 Å². The number of hydrogen-bond acceptors (Lipinski definition) is 2. The molecule has 2 nitrogen and oxygen atoms in total. The minimum absolute atomic E-state index is 0.0666. The summed E-state index contributed by atoms with van der Waals surface area (Å²) in [6, 6.07) is 6.16. The molecule has 1 unspecified atom stereocenters. The van der Waals surface area contributed by atoms with Crippen LogP contribution in [-0.2, 0) is 0 Å². The van der Waals surface area contributed by atoms with Crippen molar-refractivity contribution in [2.45, 2.75) is 33.2 Å². The second-order valence-electron chi connectivity index (χ2n) is 4.41. The Hall–Kier alpha value is -1.19. The summed E-state index contributed by atoms with van der Waals surface area (Å²) < 4.78 is 12.5. The van der Waals surface area contributed by atoms with Gasteiger partial charge in [0.25, 0.3) is 0 Å². The Morgan fingerprint density at radius 1 is 1.22 bits per heavy atom. The first-order valence-electron chi connectivity index (χ1n) is 6.04. The molecule has 104 valence electrons. The molecule has 0 aromatic heterocycles. The summed E-state index contributed by atoms with van der Waals surface area (Å²) in [7, 11) is 1.00. The van der Waals surface area contributed by atoms with Crippen molar-refractivity contribution in [1.82, 2.24) is 0 Å². The van der Waals surface area contributed by atoms with Crippen molar-refractivity contribution in [2.75, 3.05) is 7.11 Å². The molecule has 0 fully saturated rings. The highest BCUT2D eigenvalue weighted by Gasteiger charge is 2.02. The first-order valence-corrected chi connectivity index (χ1v) is 6.04. The van der Waals surface area contributed by atoms with E-state index in [0.717, 1.165) is 18.6 Å². The van der Waals surface area contributed by atoms with Crippen LogP contribution < -0.4 is 5.73 Å². The number of rotatable bonds is 3. The summed E-state index contributed by atoms with van der Waals surface area (Å²) in [5.41, 5.74) is 6.70. The van der Waals surface area contributed by atoms with Crippen molar-refractivity contribution in [3.05, 3.63) is 48.3 Å². The molecule has 0 aliphatic heterocycles. The molecule has 0 bridgehead atoms. The summed E-state index contributed by atoms with van der Waals surface area (Å²) >= 11 is 0. The van der Waals surface area contributed by atoms with E-state index in [4.69, 9.17) is 10.8 Å². The average molecular weight is 255 g/mol. The van der Waals surface area contributed by atoms with Crippen molar-refractivity contribution < 1.29 is 9.50 Å². The largest absolute Gasteiger partial charge is 0.400 e. The average Bonchev–Trinajstić information content (AvgIpc) is 2.32. The predicted molar refractivity (Wildman–Crippen MR) is 76.8 cm³/mol. The minimum atomic E-state index is -0.232. The molecule has 0 spiro atoms. The molecular weight excluding hydrogens is 229 g/mol. The van der Waals surface area contributed by atoms with Gasteiger partial charge in [-0.25, -0.2) is 4.39 Å². The Balaban J connectivity index is 0. The molecular formula is C15H26FNO. The van der Waals surface area contributed by atoms with Crippen molar-refractivity contribution in [2.24, 2.45) is 11.7 Å². The monoisotopic (exact) mass is 255 g/mol. The number of aliphatic hydroxyl groups excluding tert-OH is 1. The minimum Gasteiger partial charge on any atom is -0.400 e. The summed E-state index contributed by atoms with van der Waals surface area (Å²) in [5.74, 6) is 0.601. The number of hydrogen-bond donors (Lipinski definition) is 2. The van der Waals surface area contributed by atoms with Gasteiger partial charge in [0.05, 0.1) is 0 Å². The SMILES string of the molecule is C=CCC(N)c1ccc(F)cc1.CC(C)C.CO. The molecule has 18 heavy (non-hydrogen) atoms. The van der Waals surface area contributed by atoms with Gasteiger partial charge < -0.3 is 10.8 Å². The molecule has 1 aromatic rings. The molecule has 0 heterocycles. The fourth-order valence-electron chi connectivity index (χ4n) is 1.03. The Bertz CT molecular complexity index is 293. The van der Waals surface area contributed by atoms with Gasteiger partial charge in [0.2, 0.25) is 0 Å². The summed E-state index contributed by atoms with van der Waals surface area (Å²) in [4.78, 5) is 0. The van der Waals surface area contributed by atoms with E-state index in [-0.39, 0.29) is 11.9 Å². The highest BCUT2D eigenvalue weighted by Crippen LogP contribution is 2.14. The van der Waals surface area contributed by atoms with Gasteiger partial charge in [0, 0.05) is 13.2 Å². The molecule has 3 heteroatoms. The first-order chi connectivity index (χ1) is 8.47. The van der Waals surface area contributed by atoms with Crippen LogP contribution in [0.25, 0.3) is 0 Å². The molecule has 0 aliphatic rings. The van der Waals surface area contributed by atoms with Gasteiger partial charge in [-0.15, -0.1) is 6.58 Å². The Morgan fingerprint density at radius 2 is 1.61 bits per heavy atom. The van der Waals surface area contributed by atoms with Gasteiger partial charge in [-0.1, -0.05) is 39.0 Å². The quantitative estimate of drug-likeness (QED) is 0.809. The molecule has 0 amide bonds. The van der Waals surface area contributed by atoms with E-state index in [2.05, 4.69) is 27.4 Å². The van der Waals surface area contributed by atoms with Crippen molar-refractivity contribution >= 4 is 0 Å². The zero-order chi connectivity index (χ0) is 14.6. The fraction of sp³-hybridized carbons (Fsp3) is 0.467. The van der Waals surface area contributed by atoms with Crippen LogP contribution in [0.4, 0.5) is 4.39 Å². The zero-order valence-corrected chi connectivity index (χ0v) is 11.9. The van der Waals surface area contributed by atoms with Gasteiger partial charge in [0.1, 0.15) is 5.82 Å². The number of aliphatic hydroxyl groups is 1. The van der Waals surface area contributed by atoms with Gasteiger partial charge >= 0.3 is 0 Å². The molecule has 3 N–H and O–H groups in total. The van der Waals surface area contributed by atoms with E-state index in [1.165, 1.54) is 12.1 Å². The van der Waals surface area contributed by atoms with Crippen LogP contribution in [0.15, 0.2) is 36.9 Å². The lowest BCUT2D eigenvalue weighted by Gasteiger charge is -2.08. The van der Waals surface area contributed by atoms with E-state index in [0.29, 0.717) is 6.42 Å². The van der Waals surface area contributed by atoms with Crippen molar-refractivity contribution in [1.29, 1.82) is 0 Å². The molecule has 0 radical (unpaired) electrons. The van der Waals surface area contributed by atoms with Gasteiger partial charge in [-0.05, 0) is 30.0 Å². The Kier molecular flexibility index (Phi) is 13.1. The molecule has 0 aliphatic carbocycles. The maximum Gasteiger partial charge on any atom is 0.123 e. The van der Waals surface area contributed by atoms with Crippen molar-refractivity contribution in [3.8, 4) is 0 Å². The maximum absolute atomic E-state index is 12.5. The molecule has 0 saturated heterocycles. The predicted octanol–water partition coefficient (Wildman–Crippen LogP) is 3.67. The standard InChI is InChI=1S/C10H12FN.C4H10.CH4O/c1-2-3-10(12)8-4-6-9(11)7-5-8;1-4(2)3;1-2/h2,4-7,10H,1,3,12H2;4H,1-3H3;2H,1H3. The number of halogens is 1. The van der Waals surface area contributed by atoms with Crippen LogP contribution in [0.5, 0.6) is 0 Å². The Labute approximate surface area is 110 Å². The van der Waals surface area contributed by atoms with E-state index in [9.17, 15) is 4.39 Å². The number of nitrogens with two attached hydrogens (primary N) is 1. The topological polar surface area (TPSA) is 46.2 Å². The summed E-state index contributed by atoms with van der Waals surface area (Å²) in [6.45, 7) is 10.1. The normalized spacial score (nSPS) is 10.7. The number of benzene rings is 1. The molecule has 1 atom stereocenters. The molecule has 0 saturated carbocycles. The molecule has 1 aromatic carbocycles. The summed E-state index contributed by atoms with van der Waals surface area (Å²) in [6.07, 6.45) is 2.47. The first kappa shape index (κ1) is 19.2. The van der Waals surface area contributed by atoms with Crippen LogP contribution in [0.3, 0.4) is 0 Å². The fourth-order valence-corrected chi connectivity index (χ4v) is 1.03. The van der Waals surface area contributed by atoms with Crippen molar-refractivity contribution in [3.63, 3.8) is 0 Å². The van der Waals surface area contributed by atoms with Gasteiger partial charge in [-0.3, -0.25) is 0 Å². The molecule has 1 rings (SSSR count). The van der Waals surface area contributed by atoms with Crippen LogP contribution in [0.2, 0.25) is 0 Å². The van der Waals surface area contributed by atoms with E-state index in [1.807, 2.05) is 0 Å². The second kappa shape index (κ2) is 12.3. The van der Waals surface area contributed by atoms with E-state index >= 15 is 0 Å². The third kappa shape index (κ3) is 11.3. The van der Waals surface area contributed by atoms with E-state index < -0.39 is 0 Å². The van der Waals surface area contributed by atoms with Gasteiger partial charge in [0.15, 0.2) is 0 Å². The van der Waals surface area contributed by atoms with Crippen LogP contribution >= 0.6 is 0 Å². The highest BCUT2D eigenvalue weighted by atomic mass is 19.1. The maximum atomic E-state index is 12.5. The van der Waals surface area contributed by atoms with E-state index in [1.54, 1.807) is 18.2 Å². The zero-order valence-electron chi connectivity index (χ0n) is 11.9. The van der Waals surface area contributed by atoms with Crippen LogP contribution in [-0.4, -0.2) is 12.2 Å².